The molecule has 1 aliphatic carbocycles. The Hall–Kier alpha value is -3.04. The second kappa shape index (κ2) is 14.8. The highest BCUT2D eigenvalue weighted by Crippen LogP contribution is 2.38. The molecular formula is C30H30Cl2F2N2O8S2. The number of carbonyl (C=O) groups excluding carboxylic acids is 1. The molecule has 1 aliphatic heterocycles. The summed E-state index contributed by atoms with van der Waals surface area (Å²) in [6.07, 6.45) is 4.28. The Morgan fingerprint density at radius 1 is 1.13 bits per heavy atom. The quantitative estimate of drug-likeness (QED) is 0.118. The number of thioether (sulfide) groups is 1. The highest BCUT2D eigenvalue weighted by atomic mass is 35.5. The first-order valence-electron chi connectivity index (χ1n) is 14.2. The molecular weight excluding hydrogens is 689 g/mol. The summed E-state index contributed by atoms with van der Waals surface area (Å²) in [6, 6.07) is 10.3. The van der Waals surface area contributed by atoms with Crippen LogP contribution in [0.25, 0.3) is 0 Å². The fraction of sp³-hybridized carbons (Fsp3) is 0.400. The van der Waals surface area contributed by atoms with E-state index >= 15 is 0 Å². The fourth-order valence-electron chi connectivity index (χ4n) is 4.86. The summed E-state index contributed by atoms with van der Waals surface area (Å²) in [5.41, 5.74) is 0.911. The molecule has 1 saturated heterocycles. The number of nitrogens with zero attached hydrogens (tertiary/aromatic N) is 2. The Morgan fingerprint density at radius 3 is 2.54 bits per heavy atom. The molecule has 1 aromatic heterocycles. The van der Waals surface area contributed by atoms with Crippen LogP contribution >= 0.6 is 35.0 Å². The van der Waals surface area contributed by atoms with Crippen molar-refractivity contribution in [2.75, 3.05) is 32.6 Å². The van der Waals surface area contributed by atoms with Crippen LogP contribution < -0.4 is 18.9 Å². The third-order valence-corrected chi connectivity index (χ3v) is 11.3. The van der Waals surface area contributed by atoms with Crippen LogP contribution in [-0.2, 0) is 26.0 Å². The summed E-state index contributed by atoms with van der Waals surface area (Å²) in [7, 11) is -2.66. The van der Waals surface area contributed by atoms with Crippen LogP contribution in [0.2, 0.25) is 10.0 Å². The molecule has 2 aliphatic rings. The van der Waals surface area contributed by atoms with Crippen LogP contribution in [0.15, 0.2) is 59.8 Å². The van der Waals surface area contributed by atoms with E-state index in [1.165, 1.54) is 37.4 Å². The molecule has 2 fully saturated rings. The number of aromatic nitrogens is 1. The highest BCUT2D eigenvalue weighted by molar-refractivity contribution is 8.02. The van der Waals surface area contributed by atoms with Crippen molar-refractivity contribution < 1.29 is 45.7 Å². The molecule has 46 heavy (non-hydrogen) atoms. The lowest BCUT2D eigenvalue weighted by Crippen LogP contribution is -2.40. The largest absolute Gasteiger partial charge is 0.619 e. The van der Waals surface area contributed by atoms with Gasteiger partial charge in [0.05, 0.1) is 25.2 Å². The fourth-order valence-corrected chi connectivity index (χ4v) is 8.55. The molecule has 248 valence electrons. The summed E-state index contributed by atoms with van der Waals surface area (Å²) in [6.45, 7) is -2.94. The molecule has 16 heteroatoms. The van der Waals surface area contributed by atoms with E-state index in [9.17, 15) is 27.2 Å². The Morgan fingerprint density at radius 2 is 1.87 bits per heavy atom. The summed E-state index contributed by atoms with van der Waals surface area (Å²) >= 11 is 13.8. The van der Waals surface area contributed by atoms with E-state index in [1.807, 2.05) is 0 Å². The maximum absolute atomic E-state index is 13.5. The van der Waals surface area contributed by atoms with Crippen molar-refractivity contribution in [1.82, 2.24) is 4.31 Å². The van der Waals surface area contributed by atoms with Gasteiger partial charge in [0.15, 0.2) is 29.3 Å². The van der Waals surface area contributed by atoms with Crippen molar-refractivity contribution in [2.24, 2.45) is 5.92 Å². The zero-order chi connectivity index (χ0) is 33.0. The molecule has 2 aromatic carbocycles. The zero-order valence-electron chi connectivity index (χ0n) is 24.4. The van der Waals surface area contributed by atoms with E-state index in [4.69, 9.17) is 37.4 Å². The molecule has 10 nitrogen and oxygen atoms in total. The van der Waals surface area contributed by atoms with Gasteiger partial charge in [0.2, 0.25) is 10.0 Å². The van der Waals surface area contributed by atoms with Crippen LogP contribution in [0.5, 0.6) is 17.2 Å². The average Bonchev–Trinajstić information content (AvgIpc) is 3.71. The van der Waals surface area contributed by atoms with E-state index in [-0.39, 0.29) is 46.0 Å². The molecule has 1 saturated carbocycles. The molecule has 0 radical (unpaired) electrons. The minimum Gasteiger partial charge on any atom is -0.619 e. The van der Waals surface area contributed by atoms with E-state index in [2.05, 4.69) is 4.74 Å². The number of rotatable bonds is 14. The third kappa shape index (κ3) is 8.26. The van der Waals surface area contributed by atoms with Gasteiger partial charge in [-0.25, -0.2) is 13.2 Å². The minimum absolute atomic E-state index is 0.0289. The smallest absolute Gasteiger partial charge is 0.387 e. The van der Waals surface area contributed by atoms with E-state index in [1.54, 1.807) is 12.1 Å². The lowest BCUT2D eigenvalue weighted by molar-refractivity contribution is -0.605. The van der Waals surface area contributed by atoms with Crippen molar-refractivity contribution >= 4 is 51.0 Å². The number of sulfonamides is 1. The Bertz CT molecular complexity index is 1660. The van der Waals surface area contributed by atoms with Crippen molar-refractivity contribution in [2.45, 2.75) is 42.1 Å². The van der Waals surface area contributed by atoms with Gasteiger partial charge < -0.3 is 24.2 Å². The summed E-state index contributed by atoms with van der Waals surface area (Å²) in [5.74, 6) is -0.486. The maximum Gasteiger partial charge on any atom is 0.387 e. The van der Waals surface area contributed by atoms with E-state index in [0.717, 1.165) is 41.3 Å². The van der Waals surface area contributed by atoms with E-state index < -0.39 is 33.9 Å². The topological polar surface area (TPSA) is 118 Å². The van der Waals surface area contributed by atoms with Gasteiger partial charge in [0, 0.05) is 29.8 Å². The van der Waals surface area contributed by atoms with Gasteiger partial charge in [-0.05, 0) is 55.0 Å². The van der Waals surface area contributed by atoms with Gasteiger partial charge in [0.25, 0.3) is 0 Å². The minimum atomic E-state index is -4.08. The summed E-state index contributed by atoms with van der Waals surface area (Å²) in [4.78, 5) is 13.4. The molecule has 0 unspecified atom stereocenters. The second-order valence-electron chi connectivity index (χ2n) is 10.7. The lowest BCUT2D eigenvalue weighted by atomic mass is 9.92. The molecule has 0 amide bonds. The van der Waals surface area contributed by atoms with Crippen LogP contribution in [0.1, 0.15) is 29.9 Å². The standard InChI is InChI=1S/C30H30Cl2F2N2O8S2/c1-41-21-3-2-4-22(13-21)46(39,40)36-9-10-45-28(36)29(37)43-17-20(11-23-24(31)14-35(38)15-25(23)32)19-7-8-26(44-30(33)34)27(12-19)42-16-18-5-6-18/h2-4,7-8,12-15,18,20,28,30H,5-6,9-11,16-17H2,1H3/t20-,28+/m1/s1. The highest BCUT2D eigenvalue weighted by Gasteiger charge is 2.41. The number of halogens is 4. The molecule has 5 rings (SSSR count). The molecule has 0 bridgehead atoms. The Labute approximate surface area is 279 Å². The normalized spacial score (nSPS) is 17.6. The number of alkyl halides is 2. The predicted molar refractivity (Wildman–Crippen MR) is 167 cm³/mol. The van der Waals surface area contributed by atoms with Crippen molar-refractivity contribution in [3.05, 3.63) is 81.2 Å². The van der Waals surface area contributed by atoms with E-state index in [0.29, 0.717) is 39.9 Å². The summed E-state index contributed by atoms with van der Waals surface area (Å²) in [5, 5.41) is 10.8. The number of methoxy groups -OCH3 is 1. The number of ether oxygens (including phenoxy) is 4. The van der Waals surface area contributed by atoms with Crippen molar-refractivity contribution in [1.29, 1.82) is 0 Å². The molecule has 2 heterocycles. The van der Waals surface area contributed by atoms with Gasteiger partial charge in [0.1, 0.15) is 15.8 Å². The SMILES string of the molecule is COc1cccc(S(=O)(=O)N2CCS[C@H]2C(=O)OC[C@@H](Cc2c(Cl)c[n+]([O-])cc2Cl)c2ccc(OC(F)F)c(OCC3CC3)c2)c1. The summed E-state index contributed by atoms with van der Waals surface area (Å²) < 4.78 is 76.2. The van der Waals surface area contributed by atoms with Gasteiger partial charge in [-0.15, -0.1) is 11.8 Å². The number of hydrogen-bond donors (Lipinski definition) is 0. The van der Waals surface area contributed by atoms with Crippen LogP contribution in [0, 0.1) is 11.1 Å². The van der Waals surface area contributed by atoms with Crippen LogP contribution in [-0.4, -0.2) is 63.3 Å². The van der Waals surface area contributed by atoms with Gasteiger partial charge in [-0.1, -0.05) is 35.3 Å². The van der Waals surface area contributed by atoms with Crippen LogP contribution in [0.3, 0.4) is 0 Å². The third-order valence-electron chi connectivity index (χ3n) is 7.46. The Kier molecular flexibility index (Phi) is 11.0. The average molecular weight is 720 g/mol. The predicted octanol–water partition coefficient (Wildman–Crippen LogP) is 5.66. The maximum atomic E-state index is 13.5. The van der Waals surface area contributed by atoms with Gasteiger partial charge >= 0.3 is 12.6 Å². The zero-order valence-corrected chi connectivity index (χ0v) is 27.6. The molecule has 0 spiro atoms. The van der Waals surface area contributed by atoms with Crippen molar-refractivity contribution in [3.63, 3.8) is 0 Å². The number of esters is 1. The van der Waals surface area contributed by atoms with Gasteiger partial charge in [-0.2, -0.15) is 17.8 Å². The monoisotopic (exact) mass is 718 g/mol. The number of pyridine rings is 1. The first kappa shape index (κ1) is 34.3. The number of benzene rings is 2. The molecule has 0 N–H and O–H groups in total. The first-order chi connectivity index (χ1) is 22.0. The number of carbonyl (C=O) groups is 1. The lowest BCUT2D eigenvalue weighted by Gasteiger charge is -2.24. The molecule has 3 aromatic rings. The Balaban J connectivity index is 1.41. The second-order valence-corrected chi connectivity index (χ2v) is 14.6. The van der Waals surface area contributed by atoms with Crippen LogP contribution in [0.4, 0.5) is 8.78 Å². The first-order valence-corrected chi connectivity index (χ1v) is 17.4. The van der Waals surface area contributed by atoms with Gasteiger partial charge in [-0.3, -0.25) is 0 Å². The molecule has 2 atom stereocenters. The number of hydrogen-bond acceptors (Lipinski definition) is 9. The van der Waals surface area contributed by atoms with Crippen molar-refractivity contribution in [3.8, 4) is 17.2 Å².